The summed E-state index contributed by atoms with van der Waals surface area (Å²) in [7, 11) is 1.64. The van der Waals surface area contributed by atoms with Crippen LogP contribution in [0.1, 0.15) is 23.3 Å². The van der Waals surface area contributed by atoms with Gasteiger partial charge >= 0.3 is 0 Å². The Kier molecular flexibility index (Phi) is 2.46. The lowest BCUT2D eigenvalue weighted by molar-refractivity contribution is -0.0161. The first-order valence-electron chi connectivity index (χ1n) is 5.72. The van der Waals surface area contributed by atoms with Crippen molar-refractivity contribution in [3.05, 3.63) is 59.7 Å². The van der Waals surface area contributed by atoms with E-state index in [0.717, 1.165) is 22.3 Å². The molecule has 1 aliphatic carbocycles. The topological polar surface area (TPSA) is 29.5 Å². The van der Waals surface area contributed by atoms with E-state index in [2.05, 4.69) is 6.07 Å². The predicted molar refractivity (Wildman–Crippen MR) is 66.6 cm³/mol. The molecule has 3 rings (SSSR count). The van der Waals surface area contributed by atoms with Gasteiger partial charge in [-0.2, -0.15) is 0 Å². The van der Waals surface area contributed by atoms with Crippen molar-refractivity contribution < 1.29 is 9.84 Å². The molecule has 2 atom stereocenters. The second-order valence-corrected chi connectivity index (χ2v) is 4.28. The number of aliphatic hydroxyl groups excluding tert-OH is 1. The Bertz CT molecular complexity index is 548. The van der Waals surface area contributed by atoms with Gasteiger partial charge in [-0.1, -0.05) is 48.5 Å². The number of fused-ring (bicyclic) bond motifs is 3. The molecule has 2 heteroatoms. The van der Waals surface area contributed by atoms with Crippen LogP contribution in [0.2, 0.25) is 0 Å². The Balaban J connectivity index is 2.29. The second kappa shape index (κ2) is 3.99. The summed E-state index contributed by atoms with van der Waals surface area (Å²) >= 11 is 0. The molecule has 1 N–H and O–H groups in total. The van der Waals surface area contributed by atoms with Crippen molar-refractivity contribution in [3.8, 4) is 11.1 Å². The second-order valence-electron chi connectivity index (χ2n) is 4.28. The van der Waals surface area contributed by atoms with Crippen LogP contribution in [0.4, 0.5) is 0 Å². The molecule has 0 bridgehead atoms. The monoisotopic (exact) mass is 226 g/mol. The Labute approximate surface area is 100 Å². The van der Waals surface area contributed by atoms with Crippen LogP contribution in [-0.2, 0) is 4.74 Å². The largest absolute Gasteiger partial charge is 0.385 e. The number of rotatable bonds is 1. The summed E-state index contributed by atoms with van der Waals surface area (Å²) in [4.78, 5) is 0. The molecule has 17 heavy (non-hydrogen) atoms. The van der Waals surface area contributed by atoms with Gasteiger partial charge in [-0.15, -0.1) is 0 Å². The summed E-state index contributed by atoms with van der Waals surface area (Å²) in [6, 6.07) is 16.0. The highest BCUT2D eigenvalue weighted by Crippen LogP contribution is 2.45. The number of benzene rings is 2. The minimum Gasteiger partial charge on any atom is -0.385 e. The molecule has 2 aromatic carbocycles. The highest BCUT2D eigenvalue weighted by atomic mass is 16.5. The number of methoxy groups -OCH3 is 1. The maximum absolute atomic E-state index is 10.3. The first kappa shape index (κ1) is 10.5. The van der Waals surface area contributed by atoms with Crippen LogP contribution in [0, 0.1) is 0 Å². The molecule has 0 radical (unpaired) electrons. The summed E-state index contributed by atoms with van der Waals surface area (Å²) < 4.78 is 5.44. The van der Waals surface area contributed by atoms with Crippen LogP contribution in [-0.4, -0.2) is 12.2 Å². The van der Waals surface area contributed by atoms with Gasteiger partial charge in [0.2, 0.25) is 0 Å². The zero-order valence-electron chi connectivity index (χ0n) is 9.63. The predicted octanol–water partition coefficient (Wildman–Crippen LogP) is 3.09. The van der Waals surface area contributed by atoms with Crippen molar-refractivity contribution in [3.63, 3.8) is 0 Å². The van der Waals surface area contributed by atoms with Crippen LogP contribution < -0.4 is 0 Å². The van der Waals surface area contributed by atoms with Gasteiger partial charge in [-0.05, 0) is 22.3 Å². The molecular weight excluding hydrogens is 212 g/mol. The molecule has 0 amide bonds. The number of hydrogen-bond acceptors (Lipinski definition) is 2. The molecule has 2 unspecified atom stereocenters. The lowest BCUT2D eigenvalue weighted by Gasteiger charge is -2.31. The molecular formula is C15H14O2. The van der Waals surface area contributed by atoms with Crippen LogP contribution >= 0.6 is 0 Å². The van der Waals surface area contributed by atoms with Gasteiger partial charge in [0, 0.05) is 7.11 Å². The van der Waals surface area contributed by atoms with Gasteiger partial charge in [-0.3, -0.25) is 0 Å². The number of aliphatic hydroxyl groups is 1. The Morgan fingerprint density at radius 2 is 1.41 bits per heavy atom. The highest BCUT2D eigenvalue weighted by Gasteiger charge is 2.31. The zero-order chi connectivity index (χ0) is 11.8. The average Bonchev–Trinajstić information content (AvgIpc) is 2.40. The fourth-order valence-electron chi connectivity index (χ4n) is 2.58. The molecule has 0 spiro atoms. The van der Waals surface area contributed by atoms with E-state index in [0.29, 0.717) is 0 Å². The van der Waals surface area contributed by atoms with Gasteiger partial charge in [-0.25, -0.2) is 0 Å². The van der Waals surface area contributed by atoms with E-state index in [1.165, 1.54) is 0 Å². The zero-order valence-corrected chi connectivity index (χ0v) is 9.63. The highest BCUT2D eigenvalue weighted by molar-refractivity contribution is 5.74. The van der Waals surface area contributed by atoms with Crippen molar-refractivity contribution >= 4 is 0 Å². The smallest absolute Gasteiger partial charge is 0.113 e. The summed E-state index contributed by atoms with van der Waals surface area (Å²) in [5, 5.41) is 10.3. The summed E-state index contributed by atoms with van der Waals surface area (Å²) in [6.07, 6.45) is -0.868. The standard InChI is InChI=1S/C15H14O2/c1-17-15-13-9-5-3-7-11(13)10-6-2-4-8-12(10)14(15)16/h2-9,14-16H,1H3. The van der Waals surface area contributed by atoms with E-state index in [1.54, 1.807) is 7.11 Å². The molecule has 1 aliphatic rings. The lowest BCUT2D eigenvalue weighted by atomic mass is 9.82. The van der Waals surface area contributed by atoms with Crippen LogP contribution in [0.5, 0.6) is 0 Å². The van der Waals surface area contributed by atoms with Gasteiger partial charge in [0.1, 0.15) is 12.2 Å². The molecule has 2 nitrogen and oxygen atoms in total. The molecule has 86 valence electrons. The SMILES string of the molecule is COC1c2ccccc2-c2ccccc2C1O. The van der Waals surface area contributed by atoms with Crippen LogP contribution in [0.3, 0.4) is 0 Å². The van der Waals surface area contributed by atoms with E-state index < -0.39 is 6.10 Å². The van der Waals surface area contributed by atoms with E-state index in [1.807, 2.05) is 42.5 Å². The van der Waals surface area contributed by atoms with Gasteiger partial charge in [0.15, 0.2) is 0 Å². The summed E-state index contributed by atoms with van der Waals surface area (Å²) in [6.45, 7) is 0. The first-order valence-corrected chi connectivity index (χ1v) is 5.72. The Hall–Kier alpha value is -1.64. The average molecular weight is 226 g/mol. The normalized spacial score (nSPS) is 21.8. The summed E-state index contributed by atoms with van der Waals surface area (Å²) in [5.41, 5.74) is 4.25. The maximum Gasteiger partial charge on any atom is 0.113 e. The third-order valence-electron chi connectivity index (χ3n) is 3.38. The summed E-state index contributed by atoms with van der Waals surface area (Å²) in [5.74, 6) is 0. The number of ether oxygens (including phenoxy) is 1. The van der Waals surface area contributed by atoms with Crippen molar-refractivity contribution in [2.45, 2.75) is 12.2 Å². The molecule has 0 saturated heterocycles. The molecule has 0 saturated carbocycles. The van der Waals surface area contributed by atoms with Gasteiger partial charge < -0.3 is 9.84 Å². The molecule has 2 aromatic rings. The quantitative estimate of drug-likeness (QED) is 0.809. The van der Waals surface area contributed by atoms with Crippen molar-refractivity contribution in [1.82, 2.24) is 0 Å². The van der Waals surface area contributed by atoms with E-state index in [-0.39, 0.29) is 6.10 Å². The van der Waals surface area contributed by atoms with Gasteiger partial charge in [0.05, 0.1) is 0 Å². The molecule has 0 fully saturated rings. The minimum absolute atomic E-state index is 0.277. The van der Waals surface area contributed by atoms with E-state index in [4.69, 9.17) is 4.74 Å². The van der Waals surface area contributed by atoms with Crippen molar-refractivity contribution in [1.29, 1.82) is 0 Å². The van der Waals surface area contributed by atoms with Crippen molar-refractivity contribution in [2.24, 2.45) is 0 Å². The Morgan fingerprint density at radius 3 is 2.06 bits per heavy atom. The van der Waals surface area contributed by atoms with Gasteiger partial charge in [0.25, 0.3) is 0 Å². The fraction of sp³-hybridized carbons (Fsp3) is 0.200. The lowest BCUT2D eigenvalue weighted by Crippen LogP contribution is -2.18. The molecule has 0 aliphatic heterocycles. The van der Waals surface area contributed by atoms with Crippen LogP contribution in [0.25, 0.3) is 11.1 Å². The van der Waals surface area contributed by atoms with E-state index >= 15 is 0 Å². The number of hydrogen-bond donors (Lipinski definition) is 1. The minimum atomic E-state index is -0.592. The third kappa shape index (κ3) is 1.49. The first-order chi connectivity index (χ1) is 8.33. The van der Waals surface area contributed by atoms with Crippen LogP contribution in [0.15, 0.2) is 48.5 Å². The fourth-order valence-corrected chi connectivity index (χ4v) is 2.58. The third-order valence-corrected chi connectivity index (χ3v) is 3.38. The van der Waals surface area contributed by atoms with Crippen molar-refractivity contribution in [2.75, 3.05) is 7.11 Å². The molecule has 0 heterocycles. The molecule has 0 aromatic heterocycles. The maximum atomic E-state index is 10.3. The Morgan fingerprint density at radius 1 is 0.882 bits per heavy atom. The van der Waals surface area contributed by atoms with E-state index in [9.17, 15) is 5.11 Å².